The summed E-state index contributed by atoms with van der Waals surface area (Å²) in [6.07, 6.45) is 0.240. The van der Waals surface area contributed by atoms with Gasteiger partial charge in [0.25, 0.3) is 0 Å². The van der Waals surface area contributed by atoms with E-state index >= 15 is 0 Å². The lowest BCUT2D eigenvalue weighted by Gasteiger charge is -2.07. The largest absolute Gasteiger partial charge is 0.495 e. The van der Waals surface area contributed by atoms with Crippen molar-refractivity contribution in [2.24, 2.45) is 0 Å². The van der Waals surface area contributed by atoms with Crippen LogP contribution in [0.15, 0.2) is 18.2 Å². The van der Waals surface area contributed by atoms with Crippen LogP contribution in [0.4, 0.5) is 0 Å². The predicted molar refractivity (Wildman–Crippen MR) is 73.4 cm³/mol. The van der Waals surface area contributed by atoms with Crippen molar-refractivity contribution in [1.29, 1.82) is 0 Å². The van der Waals surface area contributed by atoms with Gasteiger partial charge in [0.05, 0.1) is 18.6 Å². The molecule has 0 atom stereocenters. The molecule has 6 heteroatoms. The van der Waals surface area contributed by atoms with Gasteiger partial charge in [0, 0.05) is 20.0 Å². The molecule has 0 spiro atoms. The summed E-state index contributed by atoms with van der Waals surface area (Å²) in [7, 11) is 1.54. The van der Waals surface area contributed by atoms with E-state index in [9.17, 15) is 9.59 Å². The second-order valence-electron chi connectivity index (χ2n) is 3.98. The normalized spacial score (nSPS) is 9.84. The van der Waals surface area contributed by atoms with Crippen molar-refractivity contribution in [2.75, 3.05) is 20.2 Å². The molecular formula is C13H17ClN2O3. The van der Waals surface area contributed by atoms with Crippen LogP contribution in [0.5, 0.6) is 5.75 Å². The van der Waals surface area contributed by atoms with Crippen molar-refractivity contribution in [3.05, 3.63) is 28.8 Å². The van der Waals surface area contributed by atoms with E-state index in [1.165, 1.54) is 14.0 Å². The smallest absolute Gasteiger partial charge is 0.224 e. The molecule has 0 fully saturated rings. The van der Waals surface area contributed by atoms with Gasteiger partial charge in [-0.05, 0) is 17.7 Å². The van der Waals surface area contributed by atoms with Crippen LogP contribution in [0, 0.1) is 0 Å². The van der Waals surface area contributed by atoms with Crippen molar-refractivity contribution < 1.29 is 14.3 Å². The fourth-order valence-electron chi connectivity index (χ4n) is 1.51. The summed E-state index contributed by atoms with van der Waals surface area (Å²) in [6.45, 7) is 2.26. The van der Waals surface area contributed by atoms with Crippen LogP contribution in [0.25, 0.3) is 0 Å². The number of carbonyl (C=O) groups is 2. The molecule has 0 saturated heterocycles. The molecular weight excluding hydrogens is 268 g/mol. The van der Waals surface area contributed by atoms with E-state index in [2.05, 4.69) is 10.6 Å². The minimum Gasteiger partial charge on any atom is -0.495 e. The Hall–Kier alpha value is -1.75. The van der Waals surface area contributed by atoms with Crippen LogP contribution >= 0.6 is 11.6 Å². The number of hydrogen-bond donors (Lipinski definition) is 2. The Labute approximate surface area is 117 Å². The molecule has 0 heterocycles. The number of amides is 2. The number of carbonyl (C=O) groups excluding carboxylic acids is 2. The number of nitrogens with one attached hydrogen (secondary N) is 2. The first kappa shape index (κ1) is 15.3. The summed E-state index contributed by atoms with van der Waals surface area (Å²) >= 11 is 5.97. The number of ether oxygens (including phenoxy) is 1. The molecule has 0 saturated carbocycles. The van der Waals surface area contributed by atoms with Crippen LogP contribution < -0.4 is 15.4 Å². The zero-order chi connectivity index (χ0) is 14.3. The summed E-state index contributed by atoms with van der Waals surface area (Å²) < 4.78 is 5.03. The van der Waals surface area contributed by atoms with Crippen LogP contribution in [-0.4, -0.2) is 32.0 Å². The van der Waals surface area contributed by atoms with Gasteiger partial charge in [-0.2, -0.15) is 0 Å². The van der Waals surface area contributed by atoms with Crippen LogP contribution in [0.1, 0.15) is 12.5 Å². The third-order valence-electron chi connectivity index (χ3n) is 2.40. The summed E-state index contributed by atoms with van der Waals surface area (Å²) in [5.74, 6) is 0.347. The van der Waals surface area contributed by atoms with E-state index in [1.54, 1.807) is 18.2 Å². The maximum Gasteiger partial charge on any atom is 0.224 e. The third kappa shape index (κ3) is 5.61. The van der Waals surface area contributed by atoms with E-state index in [1.807, 2.05) is 0 Å². The molecule has 2 amide bonds. The lowest BCUT2D eigenvalue weighted by molar-refractivity contribution is -0.121. The van der Waals surface area contributed by atoms with E-state index in [4.69, 9.17) is 16.3 Å². The van der Waals surface area contributed by atoms with Gasteiger partial charge in [0.15, 0.2) is 0 Å². The predicted octanol–water partition coefficient (Wildman–Crippen LogP) is 1.14. The van der Waals surface area contributed by atoms with Crippen molar-refractivity contribution in [2.45, 2.75) is 13.3 Å². The van der Waals surface area contributed by atoms with Crippen molar-refractivity contribution >= 4 is 23.4 Å². The Morgan fingerprint density at radius 3 is 2.53 bits per heavy atom. The molecule has 1 aromatic carbocycles. The van der Waals surface area contributed by atoms with Gasteiger partial charge in [-0.1, -0.05) is 17.7 Å². The SMILES string of the molecule is COc1ccc(CC(=O)NCCNC(C)=O)cc1Cl. The van der Waals surface area contributed by atoms with Gasteiger partial charge in [-0.25, -0.2) is 0 Å². The Balaban J connectivity index is 2.40. The molecule has 0 aromatic heterocycles. The van der Waals surface area contributed by atoms with Crippen molar-refractivity contribution in [3.8, 4) is 5.75 Å². The standard InChI is InChI=1S/C13H17ClN2O3/c1-9(17)15-5-6-16-13(18)8-10-3-4-12(19-2)11(14)7-10/h3-4,7H,5-6,8H2,1-2H3,(H,15,17)(H,16,18). The summed E-state index contributed by atoms with van der Waals surface area (Å²) in [5.41, 5.74) is 0.808. The molecule has 0 bridgehead atoms. The zero-order valence-electron chi connectivity index (χ0n) is 11.0. The molecule has 0 unspecified atom stereocenters. The summed E-state index contributed by atoms with van der Waals surface area (Å²) in [6, 6.07) is 5.22. The van der Waals surface area contributed by atoms with Gasteiger partial charge >= 0.3 is 0 Å². The first-order valence-electron chi connectivity index (χ1n) is 5.86. The average Bonchev–Trinajstić information content (AvgIpc) is 2.35. The van der Waals surface area contributed by atoms with Gasteiger partial charge in [0.1, 0.15) is 5.75 Å². The van der Waals surface area contributed by atoms with E-state index in [-0.39, 0.29) is 18.2 Å². The molecule has 1 rings (SSSR count). The molecule has 0 aliphatic heterocycles. The fraction of sp³-hybridized carbons (Fsp3) is 0.385. The molecule has 19 heavy (non-hydrogen) atoms. The lowest BCUT2D eigenvalue weighted by Crippen LogP contribution is -2.34. The monoisotopic (exact) mass is 284 g/mol. The highest BCUT2D eigenvalue weighted by molar-refractivity contribution is 6.32. The van der Waals surface area contributed by atoms with Crippen molar-refractivity contribution in [1.82, 2.24) is 10.6 Å². The lowest BCUT2D eigenvalue weighted by atomic mass is 10.1. The molecule has 104 valence electrons. The zero-order valence-corrected chi connectivity index (χ0v) is 11.7. The maximum atomic E-state index is 11.6. The van der Waals surface area contributed by atoms with Crippen LogP contribution in [0.3, 0.4) is 0 Å². The Morgan fingerprint density at radius 1 is 1.26 bits per heavy atom. The molecule has 0 aliphatic rings. The second kappa shape index (κ2) is 7.63. The van der Waals surface area contributed by atoms with E-state index in [0.717, 1.165) is 5.56 Å². The van der Waals surface area contributed by atoms with Gasteiger partial charge < -0.3 is 15.4 Å². The maximum absolute atomic E-state index is 11.6. The third-order valence-corrected chi connectivity index (χ3v) is 2.70. The number of rotatable bonds is 6. The van der Waals surface area contributed by atoms with Gasteiger partial charge in [-0.3, -0.25) is 9.59 Å². The number of methoxy groups -OCH3 is 1. The molecule has 0 radical (unpaired) electrons. The number of hydrogen-bond acceptors (Lipinski definition) is 3. The topological polar surface area (TPSA) is 67.4 Å². The summed E-state index contributed by atoms with van der Waals surface area (Å²) in [4.78, 5) is 22.3. The first-order chi connectivity index (χ1) is 9.02. The number of benzene rings is 1. The van der Waals surface area contributed by atoms with Crippen molar-refractivity contribution in [3.63, 3.8) is 0 Å². The van der Waals surface area contributed by atoms with Crippen LogP contribution in [0.2, 0.25) is 5.02 Å². The molecule has 2 N–H and O–H groups in total. The minimum absolute atomic E-state index is 0.115. The van der Waals surface area contributed by atoms with Gasteiger partial charge in [-0.15, -0.1) is 0 Å². The fourth-order valence-corrected chi connectivity index (χ4v) is 1.79. The minimum atomic E-state index is -0.119. The average molecular weight is 285 g/mol. The highest BCUT2D eigenvalue weighted by Crippen LogP contribution is 2.24. The summed E-state index contributed by atoms with van der Waals surface area (Å²) in [5, 5.41) is 5.78. The van der Waals surface area contributed by atoms with Gasteiger partial charge in [0.2, 0.25) is 11.8 Å². The molecule has 0 aliphatic carbocycles. The second-order valence-corrected chi connectivity index (χ2v) is 4.39. The van der Waals surface area contributed by atoms with E-state index < -0.39 is 0 Å². The highest BCUT2D eigenvalue weighted by atomic mass is 35.5. The Kier molecular flexibility index (Phi) is 6.15. The number of halogens is 1. The quantitative estimate of drug-likeness (QED) is 0.770. The highest BCUT2D eigenvalue weighted by Gasteiger charge is 2.06. The van der Waals surface area contributed by atoms with Crippen LogP contribution in [-0.2, 0) is 16.0 Å². The molecule has 5 nitrogen and oxygen atoms in total. The van der Waals surface area contributed by atoms with E-state index in [0.29, 0.717) is 23.9 Å². The Morgan fingerprint density at radius 2 is 1.95 bits per heavy atom. The first-order valence-corrected chi connectivity index (χ1v) is 6.24. The Bertz CT molecular complexity index is 463. The molecule has 1 aromatic rings.